The van der Waals surface area contributed by atoms with Crippen molar-refractivity contribution in [2.75, 3.05) is 19.1 Å². The highest BCUT2D eigenvalue weighted by Gasteiger charge is 2.23. The monoisotopic (exact) mass is 276 g/mol. The predicted molar refractivity (Wildman–Crippen MR) is 75.1 cm³/mol. The van der Waals surface area contributed by atoms with Crippen LogP contribution in [0.4, 0.5) is 4.79 Å². The molecule has 0 aromatic carbocycles. The minimum absolute atomic E-state index is 0.135. The summed E-state index contributed by atoms with van der Waals surface area (Å²) in [6.45, 7) is 3.92. The van der Waals surface area contributed by atoms with Crippen molar-refractivity contribution in [3.63, 3.8) is 0 Å². The predicted octanol–water partition coefficient (Wildman–Crippen LogP) is 2.02. The molecule has 0 aliphatic carbocycles. The number of aliphatic carboxylic acids is 1. The van der Waals surface area contributed by atoms with E-state index in [2.05, 4.69) is 5.32 Å². The van der Waals surface area contributed by atoms with Crippen LogP contribution in [-0.4, -0.2) is 53.1 Å². The Kier molecular flexibility index (Phi) is 8.62. The maximum atomic E-state index is 12.0. The van der Waals surface area contributed by atoms with Crippen molar-refractivity contribution in [1.29, 1.82) is 0 Å². The number of urea groups is 1. The summed E-state index contributed by atoms with van der Waals surface area (Å²) in [6, 6.07) is -0.968. The summed E-state index contributed by atoms with van der Waals surface area (Å²) in [5.41, 5.74) is 0. The second-order valence-corrected chi connectivity index (χ2v) is 5.17. The van der Waals surface area contributed by atoms with Crippen LogP contribution in [0.2, 0.25) is 0 Å². The maximum Gasteiger partial charge on any atom is 0.326 e. The van der Waals surface area contributed by atoms with Gasteiger partial charge in [-0.2, -0.15) is 11.8 Å². The highest BCUT2D eigenvalue weighted by molar-refractivity contribution is 7.98. The van der Waals surface area contributed by atoms with E-state index in [1.165, 1.54) is 0 Å². The van der Waals surface area contributed by atoms with Crippen molar-refractivity contribution in [3.8, 4) is 0 Å². The third kappa shape index (κ3) is 5.62. The van der Waals surface area contributed by atoms with E-state index in [0.717, 1.165) is 18.6 Å². The summed E-state index contributed by atoms with van der Waals surface area (Å²) in [4.78, 5) is 24.5. The van der Waals surface area contributed by atoms with Crippen LogP contribution in [0.25, 0.3) is 0 Å². The van der Waals surface area contributed by atoms with Crippen molar-refractivity contribution in [1.82, 2.24) is 10.2 Å². The summed E-state index contributed by atoms with van der Waals surface area (Å²) in [5, 5.41) is 11.6. The van der Waals surface area contributed by atoms with Crippen LogP contribution < -0.4 is 5.32 Å². The number of hydrogen-bond acceptors (Lipinski definition) is 3. The zero-order chi connectivity index (χ0) is 14.1. The molecule has 106 valence electrons. The second-order valence-electron chi connectivity index (χ2n) is 4.26. The van der Waals surface area contributed by atoms with Gasteiger partial charge in [0, 0.05) is 18.8 Å². The molecule has 2 amide bonds. The van der Waals surface area contributed by atoms with Gasteiger partial charge < -0.3 is 15.3 Å². The molecule has 2 atom stereocenters. The number of rotatable bonds is 8. The van der Waals surface area contributed by atoms with Gasteiger partial charge in [0.25, 0.3) is 0 Å². The number of carbonyl (C=O) groups is 2. The number of nitrogens with zero attached hydrogens (tertiary/aromatic N) is 1. The van der Waals surface area contributed by atoms with Crippen molar-refractivity contribution in [2.45, 2.75) is 45.2 Å². The highest BCUT2D eigenvalue weighted by Crippen LogP contribution is 2.09. The molecule has 18 heavy (non-hydrogen) atoms. The number of carboxylic acid groups (broad SMARTS) is 1. The first-order chi connectivity index (χ1) is 8.47. The molecule has 0 aliphatic rings. The van der Waals surface area contributed by atoms with E-state index < -0.39 is 12.0 Å². The average molecular weight is 276 g/mol. The maximum absolute atomic E-state index is 12.0. The zero-order valence-corrected chi connectivity index (χ0v) is 12.4. The zero-order valence-electron chi connectivity index (χ0n) is 11.6. The number of amides is 2. The van der Waals surface area contributed by atoms with E-state index >= 15 is 0 Å². The molecular formula is C12H24N2O3S. The van der Waals surface area contributed by atoms with Crippen LogP contribution in [0.5, 0.6) is 0 Å². The minimum atomic E-state index is -0.975. The van der Waals surface area contributed by atoms with E-state index in [-0.39, 0.29) is 12.1 Å². The molecule has 0 aromatic rings. The van der Waals surface area contributed by atoms with Crippen LogP contribution >= 0.6 is 11.8 Å². The van der Waals surface area contributed by atoms with Crippen molar-refractivity contribution in [3.05, 3.63) is 0 Å². The fraction of sp³-hybridized carbons (Fsp3) is 0.833. The molecule has 0 radical (unpaired) electrons. The third-order valence-electron chi connectivity index (χ3n) is 2.87. The number of nitrogens with one attached hydrogen (secondary N) is 1. The molecule has 5 nitrogen and oxygen atoms in total. The van der Waals surface area contributed by atoms with Gasteiger partial charge in [0.1, 0.15) is 6.04 Å². The normalized spacial score (nSPS) is 13.8. The molecule has 0 spiro atoms. The molecule has 0 bridgehead atoms. The first-order valence-corrected chi connectivity index (χ1v) is 7.62. The molecule has 0 aliphatic heterocycles. The highest BCUT2D eigenvalue weighted by atomic mass is 32.2. The van der Waals surface area contributed by atoms with Gasteiger partial charge in [0.05, 0.1) is 0 Å². The number of carboxylic acids is 1. The van der Waals surface area contributed by atoms with Crippen LogP contribution in [0, 0.1) is 0 Å². The van der Waals surface area contributed by atoms with E-state index in [1.807, 2.05) is 20.1 Å². The lowest BCUT2D eigenvalue weighted by atomic mass is 10.1. The number of carbonyl (C=O) groups excluding carboxylic acids is 1. The topological polar surface area (TPSA) is 69.6 Å². The number of thioether (sulfide) groups is 1. The van der Waals surface area contributed by atoms with Crippen molar-refractivity contribution >= 4 is 23.8 Å². The van der Waals surface area contributed by atoms with E-state index in [4.69, 9.17) is 5.11 Å². The van der Waals surface area contributed by atoms with Gasteiger partial charge in [0.2, 0.25) is 0 Å². The third-order valence-corrected chi connectivity index (χ3v) is 3.59. The Morgan fingerprint density at radius 2 is 2.00 bits per heavy atom. The van der Waals surface area contributed by atoms with Crippen molar-refractivity contribution < 1.29 is 14.7 Å². The van der Waals surface area contributed by atoms with Crippen LogP contribution in [0.15, 0.2) is 0 Å². The lowest BCUT2D eigenvalue weighted by Gasteiger charge is -2.28. The van der Waals surface area contributed by atoms with Crippen molar-refractivity contribution in [2.24, 2.45) is 0 Å². The largest absolute Gasteiger partial charge is 0.480 e. The summed E-state index contributed by atoms with van der Waals surface area (Å²) in [6.07, 6.45) is 4.03. The molecule has 0 heterocycles. The Hall–Kier alpha value is -0.910. The van der Waals surface area contributed by atoms with Gasteiger partial charge in [-0.1, -0.05) is 20.3 Å². The first-order valence-electron chi connectivity index (χ1n) is 6.22. The van der Waals surface area contributed by atoms with Gasteiger partial charge >= 0.3 is 12.0 Å². The molecule has 0 saturated carbocycles. The Balaban J connectivity index is 4.47. The Bertz CT molecular complexity index is 274. The first kappa shape index (κ1) is 17.1. The summed E-state index contributed by atoms with van der Waals surface area (Å²) in [7, 11) is 1.71. The molecule has 2 N–H and O–H groups in total. The lowest BCUT2D eigenvalue weighted by Crippen LogP contribution is -2.50. The standard InChI is InChI=1S/C12H24N2O3S/c1-5-7-10(11(15)16)13-12(17)14(3)9(6-2)8-18-4/h9-10H,5-8H2,1-4H3,(H,13,17)(H,15,16). The van der Waals surface area contributed by atoms with Gasteiger partial charge in [-0.05, 0) is 19.1 Å². The van der Waals surface area contributed by atoms with E-state index in [1.54, 1.807) is 23.7 Å². The molecular weight excluding hydrogens is 252 g/mol. The Morgan fingerprint density at radius 3 is 2.39 bits per heavy atom. The summed E-state index contributed by atoms with van der Waals surface area (Å²) >= 11 is 1.68. The summed E-state index contributed by atoms with van der Waals surface area (Å²) in [5.74, 6) is -0.122. The minimum Gasteiger partial charge on any atom is -0.480 e. The van der Waals surface area contributed by atoms with Crippen LogP contribution in [0.1, 0.15) is 33.1 Å². The Morgan fingerprint density at radius 1 is 1.39 bits per heavy atom. The van der Waals surface area contributed by atoms with Gasteiger partial charge in [-0.25, -0.2) is 9.59 Å². The molecule has 2 unspecified atom stereocenters. The lowest BCUT2D eigenvalue weighted by molar-refractivity contribution is -0.139. The molecule has 0 fully saturated rings. The van der Waals surface area contributed by atoms with E-state index in [9.17, 15) is 9.59 Å². The molecule has 6 heteroatoms. The van der Waals surface area contributed by atoms with Gasteiger partial charge in [-0.15, -0.1) is 0 Å². The van der Waals surface area contributed by atoms with Crippen LogP contribution in [-0.2, 0) is 4.79 Å². The average Bonchev–Trinajstić information content (AvgIpc) is 2.34. The molecule has 0 saturated heterocycles. The number of hydrogen-bond donors (Lipinski definition) is 2. The van der Waals surface area contributed by atoms with Gasteiger partial charge in [-0.3, -0.25) is 0 Å². The smallest absolute Gasteiger partial charge is 0.326 e. The quantitative estimate of drug-likeness (QED) is 0.711. The molecule has 0 aromatic heterocycles. The SMILES string of the molecule is CCCC(NC(=O)N(C)C(CC)CSC)C(=O)O. The fourth-order valence-corrected chi connectivity index (χ4v) is 2.50. The van der Waals surface area contributed by atoms with Gasteiger partial charge in [0.15, 0.2) is 0 Å². The fourth-order valence-electron chi connectivity index (χ4n) is 1.66. The van der Waals surface area contributed by atoms with E-state index in [0.29, 0.717) is 6.42 Å². The Labute approximate surface area is 113 Å². The van der Waals surface area contributed by atoms with Crippen LogP contribution in [0.3, 0.4) is 0 Å². The second kappa shape index (κ2) is 9.08. The molecule has 0 rings (SSSR count). The summed E-state index contributed by atoms with van der Waals surface area (Å²) < 4.78 is 0.